The summed E-state index contributed by atoms with van der Waals surface area (Å²) < 4.78 is 7.55. The van der Waals surface area contributed by atoms with Gasteiger partial charge in [0.25, 0.3) is 0 Å². The first-order chi connectivity index (χ1) is 32.2. The molecule has 3 heteroatoms. The molecule has 0 radical (unpaired) electrons. The number of thiophene rings is 1. The van der Waals surface area contributed by atoms with Gasteiger partial charge >= 0.3 is 0 Å². The molecule has 3 heterocycles. The molecule has 0 saturated carbocycles. The lowest BCUT2D eigenvalue weighted by Crippen LogP contribution is -1.96. The predicted molar refractivity (Wildman–Crippen MR) is 277 cm³/mol. The minimum absolute atomic E-state index is 0.385. The molecule has 1 aliphatic carbocycles. The number of hydrogen-bond donors (Lipinski definition) is 0. The lowest BCUT2D eigenvalue weighted by Gasteiger charge is -2.15. The van der Waals surface area contributed by atoms with Gasteiger partial charge in [-0.25, -0.2) is 0 Å². The van der Waals surface area contributed by atoms with E-state index in [1.807, 2.05) is 11.3 Å². The highest BCUT2D eigenvalue weighted by Gasteiger charge is 2.26. The van der Waals surface area contributed by atoms with E-state index in [2.05, 4.69) is 234 Å². The summed E-state index contributed by atoms with van der Waals surface area (Å²) in [5, 5.41) is 7.62. The third kappa shape index (κ3) is 5.40. The fourth-order valence-electron chi connectivity index (χ4n) is 11.2. The number of nitrogens with zero attached hydrogens (tertiary/aromatic N) is 2. The van der Waals surface area contributed by atoms with E-state index in [1.165, 1.54) is 125 Å². The second kappa shape index (κ2) is 14.0. The molecule has 10 aromatic carbocycles. The van der Waals surface area contributed by atoms with E-state index in [9.17, 15) is 0 Å². The lowest BCUT2D eigenvalue weighted by atomic mass is 9.91. The van der Waals surface area contributed by atoms with E-state index in [0.717, 1.165) is 5.69 Å². The quantitative estimate of drug-likeness (QED) is 0.163. The number of aromatic nitrogens is 2. The molecular weight excluding hydrogens is 805 g/mol. The zero-order valence-electron chi connectivity index (χ0n) is 35.7. The molecule has 2 nitrogen and oxygen atoms in total. The van der Waals surface area contributed by atoms with Crippen molar-refractivity contribution in [2.45, 2.75) is 12.8 Å². The van der Waals surface area contributed by atoms with Crippen LogP contribution in [0.2, 0.25) is 0 Å². The van der Waals surface area contributed by atoms with E-state index in [-0.39, 0.29) is 0 Å². The van der Waals surface area contributed by atoms with Gasteiger partial charge in [-0.15, -0.1) is 11.3 Å². The lowest BCUT2D eigenvalue weighted by molar-refractivity contribution is 0.955. The highest BCUT2D eigenvalue weighted by atomic mass is 32.1. The minimum Gasteiger partial charge on any atom is -0.309 e. The summed E-state index contributed by atoms with van der Waals surface area (Å²) in [4.78, 5) is 0. The first kappa shape index (κ1) is 36.5. The molecule has 0 fully saturated rings. The van der Waals surface area contributed by atoms with Crippen LogP contribution >= 0.6 is 11.3 Å². The highest BCUT2D eigenvalue weighted by Crippen LogP contribution is 2.48. The van der Waals surface area contributed by atoms with Crippen LogP contribution in [0, 0.1) is 0 Å². The zero-order valence-corrected chi connectivity index (χ0v) is 36.5. The Labute approximate surface area is 380 Å². The molecule has 1 unspecified atom stereocenters. The van der Waals surface area contributed by atoms with Crippen molar-refractivity contribution in [3.8, 4) is 55.9 Å². The van der Waals surface area contributed by atoms with Crippen LogP contribution in [0.25, 0.3) is 120 Å². The van der Waals surface area contributed by atoms with Crippen molar-refractivity contribution in [1.29, 1.82) is 0 Å². The van der Waals surface area contributed by atoms with Crippen molar-refractivity contribution >= 4 is 75.1 Å². The Balaban J connectivity index is 1.02. The summed E-state index contributed by atoms with van der Waals surface area (Å²) in [6.45, 7) is 2.33. The molecule has 0 saturated heterocycles. The summed E-state index contributed by atoms with van der Waals surface area (Å²) in [7, 11) is 0. The number of hydrogen-bond acceptors (Lipinski definition) is 1. The van der Waals surface area contributed by atoms with Crippen LogP contribution in [0.3, 0.4) is 0 Å². The number of benzene rings is 10. The number of para-hydroxylation sites is 4. The smallest absolute Gasteiger partial charge is 0.0619 e. The SMILES string of the molecule is CC1c2ccccc2-c2cc(-n3c4ccccc4c4cc(-c5cc(-c6cccc7c6sc6ccccc67)cc(-c6cccc7c8ccccc8n(-c8ccccc8)c67)c5)ccc43)ccc21. The summed E-state index contributed by atoms with van der Waals surface area (Å²) in [5.74, 6) is 0.385. The Hall–Kier alpha value is -7.98. The fraction of sp³-hybridized carbons (Fsp3) is 0.0323. The maximum atomic E-state index is 2.47. The molecule has 304 valence electrons. The highest BCUT2D eigenvalue weighted by molar-refractivity contribution is 7.26. The van der Waals surface area contributed by atoms with Gasteiger partial charge in [-0.1, -0.05) is 153 Å². The van der Waals surface area contributed by atoms with Gasteiger partial charge in [0.2, 0.25) is 0 Å². The maximum absolute atomic E-state index is 2.47. The molecule has 13 aromatic rings. The van der Waals surface area contributed by atoms with Crippen LogP contribution in [0.5, 0.6) is 0 Å². The zero-order chi connectivity index (χ0) is 42.8. The van der Waals surface area contributed by atoms with E-state index in [0.29, 0.717) is 5.92 Å². The Morgan fingerprint density at radius 1 is 0.338 bits per heavy atom. The minimum atomic E-state index is 0.385. The predicted octanol–water partition coefficient (Wildman–Crippen LogP) is 17.4. The van der Waals surface area contributed by atoms with Gasteiger partial charge in [0.1, 0.15) is 0 Å². The van der Waals surface area contributed by atoms with Gasteiger partial charge in [0.05, 0.1) is 22.1 Å². The van der Waals surface area contributed by atoms with E-state index in [4.69, 9.17) is 0 Å². The van der Waals surface area contributed by atoms with Gasteiger partial charge in [-0.05, 0) is 123 Å². The van der Waals surface area contributed by atoms with E-state index >= 15 is 0 Å². The maximum Gasteiger partial charge on any atom is 0.0619 e. The molecule has 0 aliphatic heterocycles. The normalized spacial score (nSPS) is 13.5. The van der Waals surface area contributed by atoms with Crippen LogP contribution in [0.15, 0.2) is 218 Å². The number of rotatable bonds is 5. The summed E-state index contributed by atoms with van der Waals surface area (Å²) in [6, 6.07) is 81.4. The molecule has 14 rings (SSSR count). The molecule has 0 spiro atoms. The van der Waals surface area contributed by atoms with Gasteiger partial charge in [0.15, 0.2) is 0 Å². The van der Waals surface area contributed by atoms with E-state index < -0.39 is 0 Å². The standard InChI is InChI=1S/C62H40N2S/c1-38-45-17-5-6-18-49(45)55-37-44(30-31-46(38)55)63-57-26-10-8-20-51(57)56-36-39(29-32-59(56)63)40-33-41(35-42(34-40)48-23-14-25-54-52-21-9-12-28-60(52)65-62(48)54)47-22-13-24-53-50-19-7-11-27-58(50)64(61(47)53)43-15-3-2-4-16-43/h2-38H,1H3. The first-order valence-electron chi connectivity index (χ1n) is 22.6. The average molecular weight is 845 g/mol. The second-order valence-corrected chi connectivity index (χ2v) is 18.7. The monoisotopic (exact) mass is 844 g/mol. The Morgan fingerprint density at radius 2 is 0.938 bits per heavy atom. The van der Waals surface area contributed by atoms with Gasteiger partial charge in [-0.3, -0.25) is 0 Å². The second-order valence-electron chi connectivity index (χ2n) is 17.6. The first-order valence-corrected chi connectivity index (χ1v) is 23.4. The fourth-order valence-corrected chi connectivity index (χ4v) is 12.4. The van der Waals surface area contributed by atoms with E-state index in [1.54, 1.807) is 0 Å². The average Bonchev–Trinajstić information content (AvgIpc) is 4.10. The third-order valence-corrected chi connectivity index (χ3v) is 15.4. The van der Waals surface area contributed by atoms with Crippen LogP contribution < -0.4 is 0 Å². The van der Waals surface area contributed by atoms with Crippen LogP contribution in [-0.2, 0) is 0 Å². The topological polar surface area (TPSA) is 9.86 Å². The molecule has 0 amide bonds. The molecule has 1 atom stereocenters. The van der Waals surface area contributed by atoms with Crippen molar-refractivity contribution in [2.24, 2.45) is 0 Å². The molecule has 3 aromatic heterocycles. The molecular formula is C62H40N2S. The summed E-state index contributed by atoms with van der Waals surface area (Å²) in [6.07, 6.45) is 0. The molecule has 0 N–H and O–H groups in total. The molecule has 0 bridgehead atoms. The van der Waals surface area contributed by atoms with Crippen LogP contribution in [-0.4, -0.2) is 9.13 Å². The van der Waals surface area contributed by atoms with Crippen molar-refractivity contribution in [3.05, 3.63) is 230 Å². The van der Waals surface area contributed by atoms with Crippen molar-refractivity contribution in [1.82, 2.24) is 9.13 Å². The Kier molecular flexibility index (Phi) is 7.87. The Bertz CT molecular complexity index is 4090. The van der Waals surface area contributed by atoms with Gasteiger partial charge in [0, 0.05) is 64.6 Å². The molecule has 65 heavy (non-hydrogen) atoms. The Morgan fingerprint density at radius 3 is 1.78 bits per heavy atom. The van der Waals surface area contributed by atoms with Gasteiger partial charge in [-0.2, -0.15) is 0 Å². The third-order valence-electron chi connectivity index (χ3n) is 14.2. The van der Waals surface area contributed by atoms with Crippen molar-refractivity contribution in [2.75, 3.05) is 0 Å². The number of fused-ring (bicyclic) bond motifs is 12. The van der Waals surface area contributed by atoms with Crippen LogP contribution in [0.4, 0.5) is 0 Å². The van der Waals surface area contributed by atoms with Crippen molar-refractivity contribution < 1.29 is 0 Å². The van der Waals surface area contributed by atoms with Crippen molar-refractivity contribution in [3.63, 3.8) is 0 Å². The summed E-state index contributed by atoms with van der Waals surface area (Å²) >= 11 is 1.89. The summed E-state index contributed by atoms with van der Waals surface area (Å²) in [5.41, 5.74) is 19.9. The molecule has 1 aliphatic rings. The van der Waals surface area contributed by atoms with Gasteiger partial charge < -0.3 is 9.13 Å². The largest absolute Gasteiger partial charge is 0.309 e. The van der Waals surface area contributed by atoms with Crippen LogP contribution in [0.1, 0.15) is 24.0 Å².